The standard InChI is InChI=1S/C11H16O4/c1-5-11(15-9(12)7(2)3)6-14-10(13)8(11)4/h8H,2,5-6H2,1,3-4H3. The molecule has 0 aromatic carbocycles. The molecule has 0 aliphatic carbocycles. The summed E-state index contributed by atoms with van der Waals surface area (Å²) in [5.41, 5.74) is -0.484. The molecule has 4 heteroatoms. The molecule has 0 saturated carbocycles. The van der Waals surface area contributed by atoms with Crippen molar-refractivity contribution < 1.29 is 19.1 Å². The van der Waals surface area contributed by atoms with Gasteiger partial charge in [0.25, 0.3) is 0 Å². The van der Waals surface area contributed by atoms with Crippen molar-refractivity contribution in [2.45, 2.75) is 32.8 Å². The molecule has 1 heterocycles. The Kier molecular flexibility index (Phi) is 3.17. The highest BCUT2D eigenvalue weighted by molar-refractivity contribution is 5.88. The van der Waals surface area contributed by atoms with Crippen molar-refractivity contribution in [3.8, 4) is 0 Å². The lowest BCUT2D eigenvalue weighted by molar-refractivity contribution is -0.158. The van der Waals surface area contributed by atoms with Gasteiger partial charge in [-0.1, -0.05) is 13.5 Å². The smallest absolute Gasteiger partial charge is 0.333 e. The highest BCUT2D eigenvalue weighted by atomic mass is 16.6. The molecule has 0 aromatic heterocycles. The van der Waals surface area contributed by atoms with Crippen LogP contribution in [0.2, 0.25) is 0 Å². The van der Waals surface area contributed by atoms with Crippen molar-refractivity contribution >= 4 is 11.9 Å². The molecule has 0 spiro atoms. The van der Waals surface area contributed by atoms with Crippen LogP contribution >= 0.6 is 0 Å². The summed E-state index contributed by atoms with van der Waals surface area (Å²) in [7, 11) is 0. The maximum absolute atomic E-state index is 11.4. The second kappa shape index (κ2) is 4.04. The lowest BCUT2D eigenvalue weighted by atomic mass is 9.89. The van der Waals surface area contributed by atoms with Crippen LogP contribution in [0.1, 0.15) is 27.2 Å². The Hall–Kier alpha value is -1.32. The fraction of sp³-hybridized carbons (Fsp3) is 0.636. The zero-order chi connectivity index (χ0) is 11.6. The number of hydrogen-bond acceptors (Lipinski definition) is 4. The molecular formula is C11H16O4. The molecule has 15 heavy (non-hydrogen) atoms. The van der Waals surface area contributed by atoms with Gasteiger partial charge in [-0.2, -0.15) is 0 Å². The van der Waals surface area contributed by atoms with Crippen LogP contribution in [0.3, 0.4) is 0 Å². The maximum Gasteiger partial charge on any atom is 0.333 e. The highest BCUT2D eigenvalue weighted by Gasteiger charge is 2.49. The van der Waals surface area contributed by atoms with Crippen LogP contribution in [0.5, 0.6) is 0 Å². The van der Waals surface area contributed by atoms with Gasteiger partial charge in [0.1, 0.15) is 6.61 Å². The van der Waals surface area contributed by atoms with E-state index < -0.39 is 17.5 Å². The van der Waals surface area contributed by atoms with Gasteiger partial charge in [-0.25, -0.2) is 4.79 Å². The van der Waals surface area contributed by atoms with E-state index in [9.17, 15) is 9.59 Å². The van der Waals surface area contributed by atoms with Gasteiger partial charge < -0.3 is 9.47 Å². The van der Waals surface area contributed by atoms with Gasteiger partial charge in [-0.15, -0.1) is 0 Å². The molecule has 1 saturated heterocycles. The minimum Gasteiger partial charge on any atom is -0.461 e. The number of hydrogen-bond donors (Lipinski definition) is 0. The second-order valence-corrected chi connectivity index (χ2v) is 3.92. The van der Waals surface area contributed by atoms with Crippen LogP contribution < -0.4 is 0 Å². The van der Waals surface area contributed by atoms with Crippen molar-refractivity contribution in [1.29, 1.82) is 0 Å². The molecular weight excluding hydrogens is 196 g/mol. The molecule has 0 aromatic rings. The average molecular weight is 212 g/mol. The molecule has 0 N–H and O–H groups in total. The quantitative estimate of drug-likeness (QED) is 0.525. The number of rotatable bonds is 3. The number of carbonyl (C=O) groups is 2. The fourth-order valence-electron chi connectivity index (χ4n) is 1.53. The van der Waals surface area contributed by atoms with Gasteiger partial charge in [0.05, 0.1) is 5.92 Å². The van der Waals surface area contributed by atoms with Crippen molar-refractivity contribution in [2.75, 3.05) is 6.61 Å². The van der Waals surface area contributed by atoms with Crippen molar-refractivity contribution in [3.05, 3.63) is 12.2 Å². The largest absolute Gasteiger partial charge is 0.461 e. The van der Waals surface area contributed by atoms with Gasteiger partial charge in [0.2, 0.25) is 0 Å². The summed E-state index contributed by atoms with van der Waals surface area (Å²) in [4.78, 5) is 22.7. The maximum atomic E-state index is 11.4. The summed E-state index contributed by atoms with van der Waals surface area (Å²) in [5, 5.41) is 0. The lowest BCUT2D eigenvalue weighted by Gasteiger charge is -2.28. The third kappa shape index (κ3) is 2.03. The third-order valence-corrected chi connectivity index (χ3v) is 2.84. The van der Waals surface area contributed by atoms with Crippen molar-refractivity contribution in [2.24, 2.45) is 5.92 Å². The third-order valence-electron chi connectivity index (χ3n) is 2.84. The molecule has 0 bridgehead atoms. The average Bonchev–Trinajstić information content (AvgIpc) is 2.47. The van der Waals surface area contributed by atoms with Gasteiger partial charge in [-0.05, 0) is 20.3 Å². The first-order chi connectivity index (χ1) is 6.93. The summed E-state index contributed by atoms with van der Waals surface area (Å²) < 4.78 is 10.2. The second-order valence-electron chi connectivity index (χ2n) is 3.92. The summed E-state index contributed by atoms with van der Waals surface area (Å²) in [5.74, 6) is -1.20. The predicted molar refractivity (Wildman–Crippen MR) is 54.1 cm³/mol. The monoisotopic (exact) mass is 212 g/mol. The summed E-state index contributed by atoms with van der Waals surface area (Å²) >= 11 is 0. The normalized spacial score (nSPS) is 29.8. The Balaban J connectivity index is 2.83. The van der Waals surface area contributed by atoms with Crippen LogP contribution in [0.4, 0.5) is 0 Å². The first kappa shape index (κ1) is 11.8. The van der Waals surface area contributed by atoms with E-state index >= 15 is 0 Å². The number of cyclic esters (lactones) is 1. The molecule has 0 radical (unpaired) electrons. The van der Waals surface area contributed by atoms with Crippen LogP contribution in [-0.4, -0.2) is 24.1 Å². The van der Waals surface area contributed by atoms with Crippen LogP contribution in [0.15, 0.2) is 12.2 Å². The van der Waals surface area contributed by atoms with Gasteiger partial charge in [0, 0.05) is 5.57 Å². The predicted octanol–water partition coefficient (Wildman–Crippen LogP) is 1.45. The van der Waals surface area contributed by atoms with E-state index in [0.29, 0.717) is 12.0 Å². The van der Waals surface area contributed by atoms with E-state index in [-0.39, 0.29) is 12.6 Å². The SMILES string of the molecule is C=C(C)C(=O)OC1(CC)COC(=O)C1C. The number of esters is 2. The van der Waals surface area contributed by atoms with E-state index in [1.54, 1.807) is 13.8 Å². The first-order valence-electron chi connectivity index (χ1n) is 4.98. The fourth-order valence-corrected chi connectivity index (χ4v) is 1.53. The molecule has 1 fully saturated rings. The Morgan fingerprint density at radius 2 is 2.33 bits per heavy atom. The molecule has 4 nitrogen and oxygen atoms in total. The molecule has 2 atom stereocenters. The molecule has 0 amide bonds. The molecule has 1 aliphatic rings. The van der Waals surface area contributed by atoms with E-state index in [2.05, 4.69) is 6.58 Å². The lowest BCUT2D eigenvalue weighted by Crippen LogP contribution is -2.41. The zero-order valence-corrected chi connectivity index (χ0v) is 9.33. The van der Waals surface area contributed by atoms with Crippen LogP contribution in [0.25, 0.3) is 0 Å². The highest BCUT2D eigenvalue weighted by Crippen LogP contribution is 2.33. The molecule has 2 unspecified atom stereocenters. The first-order valence-corrected chi connectivity index (χ1v) is 4.98. The Labute approximate surface area is 89.2 Å². The van der Waals surface area contributed by atoms with Crippen LogP contribution in [-0.2, 0) is 19.1 Å². The summed E-state index contributed by atoms with van der Waals surface area (Å²) in [6.45, 7) is 8.80. The Morgan fingerprint density at radius 3 is 2.67 bits per heavy atom. The van der Waals surface area contributed by atoms with Gasteiger partial charge >= 0.3 is 11.9 Å². The van der Waals surface area contributed by atoms with E-state index in [1.807, 2.05) is 6.92 Å². The van der Waals surface area contributed by atoms with Crippen LogP contribution in [0, 0.1) is 5.92 Å². The summed E-state index contributed by atoms with van der Waals surface area (Å²) in [6, 6.07) is 0. The molecule has 1 aliphatic heterocycles. The zero-order valence-electron chi connectivity index (χ0n) is 9.33. The summed E-state index contributed by atoms with van der Waals surface area (Å²) in [6.07, 6.45) is 0.554. The Bertz CT molecular complexity index is 308. The minimum atomic E-state index is -0.812. The topological polar surface area (TPSA) is 52.6 Å². The van der Waals surface area contributed by atoms with Gasteiger partial charge in [0.15, 0.2) is 5.60 Å². The molecule has 84 valence electrons. The Morgan fingerprint density at radius 1 is 1.73 bits per heavy atom. The van der Waals surface area contributed by atoms with E-state index in [4.69, 9.17) is 9.47 Å². The van der Waals surface area contributed by atoms with Gasteiger partial charge in [-0.3, -0.25) is 4.79 Å². The number of ether oxygens (including phenoxy) is 2. The van der Waals surface area contributed by atoms with E-state index in [0.717, 1.165) is 0 Å². The van der Waals surface area contributed by atoms with E-state index in [1.165, 1.54) is 0 Å². The van der Waals surface area contributed by atoms with Crippen molar-refractivity contribution in [1.82, 2.24) is 0 Å². The molecule has 1 rings (SSSR count). The minimum absolute atomic E-state index is 0.141. The van der Waals surface area contributed by atoms with Crippen molar-refractivity contribution in [3.63, 3.8) is 0 Å². The number of carbonyl (C=O) groups excluding carboxylic acids is 2.